The summed E-state index contributed by atoms with van der Waals surface area (Å²) in [6.45, 7) is 0. The van der Waals surface area contributed by atoms with Gasteiger partial charge in [-0.2, -0.15) is 4.98 Å². The highest BCUT2D eigenvalue weighted by molar-refractivity contribution is 9.10. The molecule has 19 heavy (non-hydrogen) atoms. The van der Waals surface area contributed by atoms with Gasteiger partial charge in [0, 0.05) is 16.0 Å². The Morgan fingerprint density at radius 2 is 2.32 bits per heavy atom. The number of halogens is 2. The minimum absolute atomic E-state index is 0.256. The number of benzene rings is 1. The number of carbonyl (C=O) groups is 1. The van der Waals surface area contributed by atoms with Crippen molar-refractivity contribution in [2.24, 2.45) is 0 Å². The highest BCUT2D eigenvalue weighted by atomic mass is 79.9. The number of imidazole rings is 1. The van der Waals surface area contributed by atoms with Gasteiger partial charge in [-0.25, -0.2) is 0 Å². The van der Waals surface area contributed by atoms with Crippen molar-refractivity contribution in [2.45, 2.75) is 0 Å². The molecule has 96 valence electrons. The topological polar surface area (TPSA) is 43.6 Å². The van der Waals surface area contributed by atoms with E-state index in [0.29, 0.717) is 21.4 Å². The molecule has 3 aromatic rings. The van der Waals surface area contributed by atoms with Crippen LogP contribution < -0.4 is 4.74 Å². The Morgan fingerprint density at radius 3 is 3.05 bits per heavy atom. The van der Waals surface area contributed by atoms with Gasteiger partial charge in [-0.3, -0.25) is 9.20 Å². The zero-order valence-electron chi connectivity index (χ0n) is 9.34. The molecule has 0 bridgehead atoms. The van der Waals surface area contributed by atoms with Crippen molar-refractivity contribution in [1.82, 2.24) is 9.38 Å². The Hall–Kier alpha value is -1.37. The molecule has 1 aromatic carbocycles. The first-order valence-electron chi connectivity index (χ1n) is 5.22. The highest BCUT2D eigenvalue weighted by Gasteiger charge is 2.15. The number of thiazole rings is 1. The largest absolute Gasteiger partial charge is 0.435 e. The number of carbonyl (C=O) groups excluding carboxylic acids is 1. The van der Waals surface area contributed by atoms with E-state index in [0.717, 1.165) is 10.8 Å². The number of rotatable bonds is 3. The molecule has 0 aliphatic heterocycles. The number of fused-ring (bicyclic) bond motifs is 1. The van der Waals surface area contributed by atoms with Crippen LogP contribution >= 0.6 is 38.9 Å². The van der Waals surface area contributed by atoms with E-state index < -0.39 is 0 Å². The molecule has 0 aliphatic carbocycles. The SMILES string of the molecule is O=Cc1c(Oc2ccc(Br)cc2Cl)nc2sccn12. The fourth-order valence-corrected chi connectivity index (χ4v) is 3.05. The van der Waals surface area contributed by atoms with Crippen molar-refractivity contribution in [2.75, 3.05) is 0 Å². The molecule has 0 spiro atoms. The predicted molar refractivity (Wildman–Crippen MR) is 77.7 cm³/mol. The Bertz CT molecular complexity index is 768. The fourth-order valence-electron chi connectivity index (χ4n) is 1.63. The minimum atomic E-state index is 0.256. The lowest BCUT2D eigenvalue weighted by atomic mass is 10.3. The number of hydrogen-bond donors (Lipinski definition) is 0. The van der Waals surface area contributed by atoms with Crippen molar-refractivity contribution in [3.05, 3.63) is 45.0 Å². The third kappa shape index (κ3) is 2.27. The van der Waals surface area contributed by atoms with Gasteiger partial charge in [-0.05, 0) is 18.2 Å². The van der Waals surface area contributed by atoms with Crippen LogP contribution in [0.4, 0.5) is 0 Å². The van der Waals surface area contributed by atoms with Crippen molar-refractivity contribution in [3.8, 4) is 11.6 Å². The second kappa shape index (κ2) is 4.96. The summed E-state index contributed by atoms with van der Waals surface area (Å²) < 4.78 is 8.15. The first-order chi connectivity index (χ1) is 9.19. The zero-order valence-corrected chi connectivity index (χ0v) is 12.5. The second-order valence-corrected chi connectivity index (χ2v) is 5.85. The Morgan fingerprint density at radius 1 is 1.47 bits per heavy atom. The molecule has 0 radical (unpaired) electrons. The molecule has 4 nitrogen and oxygen atoms in total. The third-order valence-corrected chi connectivity index (χ3v) is 4.02. The van der Waals surface area contributed by atoms with E-state index in [4.69, 9.17) is 16.3 Å². The number of ether oxygens (including phenoxy) is 1. The van der Waals surface area contributed by atoms with Crippen LogP contribution in [0.15, 0.2) is 34.2 Å². The number of hydrogen-bond acceptors (Lipinski definition) is 4. The monoisotopic (exact) mass is 356 g/mol. The van der Waals surface area contributed by atoms with Crippen molar-refractivity contribution in [3.63, 3.8) is 0 Å². The van der Waals surface area contributed by atoms with Gasteiger partial charge in [-0.15, -0.1) is 11.3 Å². The Balaban J connectivity index is 2.05. The van der Waals surface area contributed by atoms with Gasteiger partial charge >= 0.3 is 0 Å². The van der Waals surface area contributed by atoms with E-state index >= 15 is 0 Å². The minimum Gasteiger partial charge on any atom is -0.435 e. The molecular formula is C12H6BrClN2O2S. The maximum absolute atomic E-state index is 11.2. The molecule has 7 heteroatoms. The summed E-state index contributed by atoms with van der Waals surface area (Å²) in [5, 5.41) is 2.30. The molecule has 0 N–H and O–H groups in total. The number of aromatic nitrogens is 2. The zero-order chi connectivity index (χ0) is 13.4. The molecular weight excluding hydrogens is 352 g/mol. The molecule has 0 fully saturated rings. The van der Waals surface area contributed by atoms with Crippen molar-refractivity contribution in [1.29, 1.82) is 0 Å². The maximum Gasteiger partial charge on any atom is 0.250 e. The molecule has 0 unspecified atom stereocenters. The lowest BCUT2D eigenvalue weighted by Gasteiger charge is -2.05. The molecule has 0 aliphatic rings. The Kier molecular flexibility index (Phi) is 3.30. The van der Waals surface area contributed by atoms with Gasteiger partial charge in [0.2, 0.25) is 5.88 Å². The average Bonchev–Trinajstić information content (AvgIpc) is 2.92. The number of nitrogens with zero attached hydrogens (tertiary/aromatic N) is 2. The fraction of sp³-hybridized carbons (Fsp3) is 0. The predicted octanol–water partition coefficient (Wildman–Crippen LogP) is 4.42. The summed E-state index contributed by atoms with van der Waals surface area (Å²) >= 11 is 10.8. The van der Waals surface area contributed by atoms with Crippen LogP contribution in [-0.2, 0) is 0 Å². The van der Waals surface area contributed by atoms with Gasteiger partial charge in [0.15, 0.2) is 16.9 Å². The standard InChI is InChI=1S/C12H6BrClN2O2S/c13-7-1-2-10(8(14)5-7)18-11-9(6-17)16-3-4-19-12(16)15-11/h1-6H. The summed E-state index contributed by atoms with van der Waals surface area (Å²) in [5.74, 6) is 0.713. The van der Waals surface area contributed by atoms with Gasteiger partial charge in [-0.1, -0.05) is 27.5 Å². The van der Waals surface area contributed by atoms with E-state index in [9.17, 15) is 4.79 Å². The average molecular weight is 358 g/mol. The van der Waals surface area contributed by atoms with E-state index in [-0.39, 0.29) is 5.88 Å². The molecule has 3 rings (SSSR count). The van der Waals surface area contributed by atoms with Gasteiger partial charge < -0.3 is 4.74 Å². The van der Waals surface area contributed by atoms with Crippen molar-refractivity contribution >= 4 is 50.1 Å². The molecule has 0 saturated carbocycles. The van der Waals surface area contributed by atoms with E-state index in [1.807, 2.05) is 5.38 Å². The quantitative estimate of drug-likeness (QED) is 0.652. The van der Waals surface area contributed by atoms with Crippen LogP contribution in [0.3, 0.4) is 0 Å². The lowest BCUT2D eigenvalue weighted by molar-refractivity contribution is 0.111. The third-order valence-electron chi connectivity index (χ3n) is 2.48. The smallest absolute Gasteiger partial charge is 0.250 e. The van der Waals surface area contributed by atoms with Crippen LogP contribution in [0.2, 0.25) is 5.02 Å². The van der Waals surface area contributed by atoms with E-state index in [1.54, 1.807) is 28.8 Å². The summed E-state index contributed by atoms with van der Waals surface area (Å²) in [5.41, 5.74) is 0.371. The van der Waals surface area contributed by atoms with Crippen LogP contribution in [0.5, 0.6) is 11.6 Å². The van der Waals surface area contributed by atoms with Gasteiger partial charge in [0.05, 0.1) is 5.02 Å². The van der Waals surface area contributed by atoms with Gasteiger partial charge in [0.25, 0.3) is 0 Å². The molecule has 0 saturated heterocycles. The lowest BCUT2D eigenvalue weighted by Crippen LogP contribution is -1.92. The summed E-state index contributed by atoms with van der Waals surface area (Å²) in [6, 6.07) is 5.24. The summed E-state index contributed by atoms with van der Waals surface area (Å²) in [4.78, 5) is 16.1. The normalized spacial score (nSPS) is 10.8. The second-order valence-electron chi connectivity index (χ2n) is 3.65. The molecule has 2 heterocycles. The van der Waals surface area contributed by atoms with Crippen LogP contribution in [-0.4, -0.2) is 15.7 Å². The maximum atomic E-state index is 11.2. The molecule has 0 amide bonds. The first kappa shape index (κ1) is 12.7. The molecule has 0 atom stereocenters. The van der Waals surface area contributed by atoms with Crippen LogP contribution in [0, 0.1) is 0 Å². The molecule has 2 aromatic heterocycles. The summed E-state index contributed by atoms with van der Waals surface area (Å²) in [7, 11) is 0. The van der Waals surface area contributed by atoms with Gasteiger partial charge in [0.1, 0.15) is 5.75 Å². The van der Waals surface area contributed by atoms with Crippen LogP contribution in [0.25, 0.3) is 4.96 Å². The van der Waals surface area contributed by atoms with Crippen molar-refractivity contribution < 1.29 is 9.53 Å². The number of aldehydes is 1. The van der Waals surface area contributed by atoms with E-state index in [2.05, 4.69) is 20.9 Å². The van der Waals surface area contributed by atoms with Crippen LogP contribution in [0.1, 0.15) is 10.5 Å². The highest BCUT2D eigenvalue weighted by Crippen LogP contribution is 2.33. The first-order valence-corrected chi connectivity index (χ1v) is 7.28. The Labute approximate surface area is 125 Å². The van der Waals surface area contributed by atoms with E-state index in [1.165, 1.54) is 11.3 Å². The summed E-state index contributed by atoms with van der Waals surface area (Å²) in [6.07, 6.45) is 2.49.